The molecule has 0 atom stereocenters. The van der Waals surface area contributed by atoms with Crippen LogP contribution in [0, 0.1) is 17.2 Å². The van der Waals surface area contributed by atoms with E-state index in [4.69, 9.17) is 5.26 Å². The van der Waals surface area contributed by atoms with Crippen molar-refractivity contribution in [2.75, 3.05) is 6.26 Å². The molecule has 0 fully saturated rings. The normalized spacial score (nSPS) is 11.4. The van der Waals surface area contributed by atoms with Crippen molar-refractivity contribution in [3.8, 4) is 6.07 Å². The van der Waals surface area contributed by atoms with Gasteiger partial charge in [0, 0.05) is 10.8 Å². The molecule has 0 radical (unpaired) electrons. The van der Waals surface area contributed by atoms with Gasteiger partial charge in [0.25, 0.3) is 0 Å². The quantitative estimate of drug-likeness (QED) is 0.463. The van der Waals surface area contributed by atoms with Crippen LogP contribution in [0.3, 0.4) is 0 Å². The molecule has 0 aliphatic carbocycles. The third kappa shape index (κ3) is 3.76. The van der Waals surface area contributed by atoms with Gasteiger partial charge in [0.1, 0.15) is 6.07 Å². The predicted octanol–water partition coefficient (Wildman–Crippen LogP) is 3.54. The lowest BCUT2D eigenvalue weighted by Crippen LogP contribution is -2.08. The summed E-state index contributed by atoms with van der Waals surface area (Å²) in [5.74, 6) is -0.257. The average molecular weight is 245 g/mol. The third-order valence-electron chi connectivity index (χ3n) is 2.34. The van der Waals surface area contributed by atoms with Crippen molar-refractivity contribution in [1.82, 2.24) is 0 Å². The number of hydrogen-bond donors (Lipinski definition) is 0. The standard InChI is InChI=1S/C14H15NOS/c1-10(2)14(16)12(9-15)8-11-4-6-13(17-3)7-5-11/h4-8,10H,1-3H3/b12-8+. The number of allylic oxidation sites excluding steroid dienone is 1. The third-order valence-corrected chi connectivity index (χ3v) is 3.08. The summed E-state index contributed by atoms with van der Waals surface area (Å²) >= 11 is 1.66. The molecule has 2 nitrogen and oxygen atoms in total. The minimum absolute atomic E-state index is 0.110. The number of ketones is 1. The zero-order valence-corrected chi connectivity index (χ0v) is 11.0. The van der Waals surface area contributed by atoms with Gasteiger partial charge in [-0.2, -0.15) is 5.26 Å². The SMILES string of the molecule is CSc1ccc(/C=C(\C#N)C(=O)C(C)C)cc1. The fourth-order valence-corrected chi connectivity index (χ4v) is 1.74. The van der Waals surface area contributed by atoms with E-state index in [1.807, 2.05) is 36.6 Å². The topological polar surface area (TPSA) is 40.9 Å². The van der Waals surface area contributed by atoms with Gasteiger partial charge in [-0.25, -0.2) is 0 Å². The van der Waals surface area contributed by atoms with Gasteiger partial charge in [0.05, 0.1) is 5.57 Å². The van der Waals surface area contributed by atoms with Crippen molar-refractivity contribution in [3.63, 3.8) is 0 Å². The van der Waals surface area contributed by atoms with Crippen LogP contribution in [-0.2, 0) is 4.79 Å². The molecule has 1 rings (SSSR count). The van der Waals surface area contributed by atoms with Gasteiger partial charge in [0.15, 0.2) is 5.78 Å². The monoisotopic (exact) mass is 245 g/mol. The number of carbonyl (C=O) groups is 1. The van der Waals surface area contributed by atoms with Crippen LogP contribution in [-0.4, -0.2) is 12.0 Å². The van der Waals surface area contributed by atoms with Crippen molar-refractivity contribution in [3.05, 3.63) is 35.4 Å². The van der Waals surface area contributed by atoms with Gasteiger partial charge in [-0.15, -0.1) is 11.8 Å². The van der Waals surface area contributed by atoms with Crippen LogP contribution in [0.4, 0.5) is 0 Å². The molecule has 0 bridgehead atoms. The highest BCUT2D eigenvalue weighted by Crippen LogP contribution is 2.17. The van der Waals surface area contributed by atoms with Gasteiger partial charge in [-0.05, 0) is 30.0 Å². The van der Waals surface area contributed by atoms with Crippen molar-refractivity contribution < 1.29 is 4.79 Å². The second-order valence-corrected chi connectivity index (χ2v) is 4.84. The zero-order valence-electron chi connectivity index (χ0n) is 10.2. The first-order chi connectivity index (χ1) is 8.08. The van der Waals surface area contributed by atoms with Crippen molar-refractivity contribution in [1.29, 1.82) is 5.26 Å². The smallest absolute Gasteiger partial charge is 0.175 e. The molecule has 0 saturated carbocycles. The summed E-state index contributed by atoms with van der Waals surface area (Å²) < 4.78 is 0. The largest absolute Gasteiger partial charge is 0.293 e. The number of carbonyl (C=O) groups excluding carboxylic acids is 1. The summed E-state index contributed by atoms with van der Waals surface area (Å²) in [6.07, 6.45) is 3.65. The van der Waals surface area contributed by atoms with E-state index in [2.05, 4.69) is 0 Å². The van der Waals surface area contributed by atoms with Crippen LogP contribution >= 0.6 is 11.8 Å². The maximum atomic E-state index is 11.7. The fraction of sp³-hybridized carbons (Fsp3) is 0.286. The molecule has 1 aromatic rings. The highest BCUT2D eigenvalue weighted by atomic mass is 32.2. The van der Waals surface area contributed by atoms with Crippen LogP contribution in [0.2, 0.25) is 0 Å². The zero-order chi connectivity index (χ0) is 12.8. The summed E-state index contributed by atoms with van der Waals surface area (Å²) in [6, 6.07) is 9.75. The minimum Gasteiger partial charge on any atom is -0.293 e. The molecule has 0 spiro atoms. The molecular weight excluding hydrogens is 230 g/mol. The molecule has 88 valence electrons. The van der Waals surface area contributed by atoms with E-state index in [-0.39, 0.29) is 17.3 Å². The van der Waals surface area contributed by atoms with Gasteiger partial charge in [-0.1, -0.05) is 26.0 Å². The molecule has 3 heteroatoms. The van der Waals surface area contributed by atoms with Crippen LogP contribution < -0.4 is 0 Å². The molecule has 0 amide bonds. The first-order valence-electron chi connectivity index (χ1n) is 5.38. The van der Waals surface area contributed by atoms with Crippen LogP contribution in [0.15, 0.2) is 34.7 Å². The number of benzene rings is 1. The lowest BCUT2D eigenvalue weighted by molar-refractivity contribution is -0.117. The Labute approximate surface area is 106 Å². The Morgan fingerprint density at radius 3 is 2.35 bits per heavy atom. The number of hydrogen-bond acceptors (Lipinski definition) is 3. The molecule has 0 aliphatic rings. The van der Waals surface area contributed by atoms with Gasteiger partial charge >= 0.3 is 0 Å². The maximum absolute atomic E-state index is 11.7. The number of rotatable bonds is 4. The number of thioether (sulfide) groups is 1. The summed E-state index contributed by atoms with van der Waals surface area (Å²) in [7, 11) is 0. The first-order valence-corrected chi connectivity index (χ1v) is 6.61. The highest BCUT2D eigenvalue weighted by Gasteiger charge is 2.12. The van der Waals surface area contributed by atoms with E-state index < -0.39 is 0 Å². The predicted molar refractivity (Wildman–Crippen MR) is 71.7 cm³/mol. The van der Waals surface area contributed by atoms with E-state index in [0.717, 1.165) is 10.5 Å². The number of Topliss-reactive ketones (excluding diaryl/α,β-unsaturated/α-hetero) is 1. The first kappa shape index (κ1) is 13.5. The summed E-state index contributed by atoms with van der Waals surface area (Å²) in [6.45, 7) is 3.59. The Morgan fingerprint density at radius 2 is 1.94 bits per heavy atom. The maximum Gasteiger partial charge on any atom is 0.175 e. The molecule has 1 aromatic carbocycles. The number of nitrogens with zero attached hydrogens (tertiary/aromatic N) is 1. The molecule has 0 N–H and O–H groups in total. The lowest BCUT2D eigenvalue weighted by atomic mass is 10.00. The second kappa shape index (κ2) is 6.27. The van der Waals surface area contributed by atoms with E-state index >= 15 is 0 Å². The van der Waals surface area contributed by atoms with E-state index in [0.29, 0.717) is 0 Å². The second-order valence-electron chi connectivity index (χ2n) is 3.96. The summed E-state index contributed by atoms with van der Waals surface area (Å²) in [5.41, 5.74) is 1.10. The Balaban J connectivity index is 2.99. The molecular formula is C14H15NOS. The summed E-state index contributed by atoms with van der Waals surface area (Å²) in [4.78, 5) is 12.9. The van der Waals surface area contributed by atoms with E-state index in [9.17, 15) is 4.79 Å². The van der Waals surface area contributed by atoms with Crippen molar-refractivity contribution >= 4 is 23.6 Å². The fourth-order valence-electron chi connectivity index (χ4n) is 1.34. The molecule has 0 saturated heterocycles. The molecule has 0 aromatic heterocycles. The van der Waals surface area contributed by atoms with E-state index in [1.165, 1.54) is 0 Å². The van der Waals surface area contributed by atoms with Crippen molar-refractivity contribution in [2.45, 2.75) is 18.7 Å². The van der Waals surface area contributed by atoms with Gasteiger partial charge in [0.2, 0.25) is 0 Å². The average Bonchev–Trinajstić information content (AvgIpc) is 2.35. The summed E-state index contributed by atoms with van der Waals surface area (Å²) in [5, 5.41) is 8.96. The Kier molecular flexibility index (Phi) is 4.99. The van der Waals surface area contributed by atoms with Gasteiger partial charge < -0.3 is 0 Å². The lowest BCUT2D eigenvalue weighted by Gasteiger charge is -2.02. The van der Waals surface area contributed by atoms with Crippen molar-refractivity contribution in [2.24, 2.45) is 5.92 Å². The molecule has 0 heterocycles. The Morgan fingerprint density at radius 1 is 1.35 bits per heavy atom. The van der Waals surface area contributed by atoms with E-state index in [1.54, 1.807) is 31.7 Å². The van der Waals surface area contributed by atoms with Crippen LogP contribution in [0.5, 0.6) is 0 Å². The van der Waals surface area contributed by atoms with Crippen LogP contribution in [0.1, 0.15) is 19.4 Å². The highest BCUT2D eigenvalue weighted by molar-refractivity contribution is 7.98. The molecule has 0 aliphatic heterocycles. The molecule has 17 heavy (non-hydrogen) atoms. The molecule has 0 unspecified atom stereocenters. The Hall–Kier alpha value is -1.53. The minimum atomic E-state index is -0.147. The van der Waals surface area contributed by atoms with Crippen LogP contribution in [0.25, 0.3) is 6.08 Å². The van der Waals surface area contributed by atoms with Gasteiger partial charge in [-0.3, -0.25) is 4.79 Å². The number of nitriles is 1. The Bertz CT molecular complexity index is 466.